The second-order valence-corrected chi connectivity index (χ2v) is 4.00. The molecule has 2 N–H and O–H groups in total. The van der Waals surface area contributed by atoms with Crippen LogP contribution in [0.15, 0.2) is 24.3 Å². The van der Waals surface area contributed by atoms with Gasteiger partial charge in [-0.25, -0.2) is 0 Å². The van der Waals surface area contributed by atoms with Gasteiger partial charge in [0.25, 0.3) is 0 Å². The van der Waals surface area contributed by atoms with E-state index in [-0.39, 0.29) is 12.5 Å². The highest BCUT2D eigenvalue weighted by Gasteiger charge is 2.07. The number of aliphatic carboxylic acids is 1. The van der Waals surface area contributed by atoms with Crippen LogP contribution in [0.5, 0.6) is 0 Å². The minimum atomic E-state index is -0.760. The summed E-state index contributed by atoms with van der Waals surface area (Å²) in [6.45, 7) is 4.75. The first-order valence-electron chi connectivity index (χ1n) is 5.65. The van der Waals surface area contributed by atoms with Crippen molar-refractivity contribution < 1.29 is 9.90 Å². The fourth-order valence-electron chi connectivity index (χ4n) is 1.69. The molecular formula is C13H19NO2. The molecule has 0 saturated carbocycles. The van der Waals surface area contributed by atoms with E-state index in [1.54, 1.807) is 0 Å². The van der Waals surface area contributed by atoms with E-state index in [1.807, 2.05) is 19.1 Å². The molecule has 1 rings (SSSR count). The zero-order valence-corrected chi connectivity index (χ0v) is 9.86. The summed E-state index contributed by atoms with van der Waals surface area (Å²) >= 11 is 0. The van der Waals surface area contributed by atoms with Gasteiger partial charge >= 0.3 is 5.97 Å². The molecule has 0 heterocycles. The van der Waals surface area contributed by atoms with Gasteiger partial charge < -0.3 is 10.4 Å². The lowest BCUT2D eigenvalue weighted by atomic mass is 10.1. The molecule has 0 aliphatic heterocycles. The Balaban J connectivity index is 2.50. The third-order valence-electron chi connectivity index (χ3n) is 2.62. The summed E-state index contributed by atoms with van der Waals surface area (Å²) in [4.78, 5) is 10.5. The molecule has 0 saturated heterocycles. The van der Waals surface area contributed by atoms with Crippen LogP contribution in [-0.2, 0) is 17.8 Å². The maximum Gasteiger partial charge on any atom is 0.304 e. The number of carbonyl (C=O) groups is 1. The van der Waals surface area contributed by atoms with Crippen LogP contribution in [-0.4, -0.2) is 17.1 Å². The number of carboxylic acid groups (broad SMARTS) is 1. The molecule has 0 radical (unpaired) electrons. The fraction of sp³-hybridized carbons (Fsp3) is 0.462. The van der Waals surface area contributed by atoms with Gasteiger partial charge in [0.15, 0.2) is 0 Å². The lowest BCUT2D eigenvalue weighted by Gasteiger charge is -2.13. The molecule has 0 aliphatic rings. The minimum Gasteiger partial charge on any atom is -0.481 e. The molecule has 0 aliphatic carbocycles. The number of nitrogens with one attached hydrogen (secondary N) is 1. The van der Waals surface area contributed by atoms with Crippen LogP contribution in [0.3, 0.4) is 0 Å². The van der Waals surface area contributed by atoms with Crippen molar-refractivity contribution in [1.29, 1.82) is 0 Å². The normalized spacial score (nSPS) is 12.4. The van der Waals surface area contributed by atoms with Crippen LogP contribution >= 0.6 is 0 Å². The van der Waals surface area contributed by atoms with Crippen LogP contribution in [0.4, 0.5) is 0 Å². The van der Waals surface area contributed by atoms with E-state index in [4.69, 9.17) is 5.11 Å². The van der Waals surface area contributed by atoms with Crippen molar-refractivity contribution in [3.8, 4) is 0 Å². The number of benzene rings is 1. The van der Waals surface area contributed by atoms with Gasteiger partial charge in [-0.1, -0.05) is 31.2 Å². The Hall–Kier alpha value is -1.35. The molecule has 1 unspecified atom stereocenters. The van der Waals surface area contributed by atoms with Gasteiger partial charge in [0.05, 0.1) is 6.42 Å². The first kappa shape index (κ1) is 12.7. The van der Waals surface area contributed by atoms with E-state index in [0.717, 1.165) is 13.0 Å². The summed E-state index contributed by atoms with van der Waals surface area (Å²) in [5.74, 6) is -0.760. The summed E-state index contributed by atoms with van der Waals surface area (Å²) < 4.78 is 0. The Morgan fingerprint density at radius 3 is 2.56 bits per heavy atom. The number of rotatable bonds is 6. The highest BCUT2D eigenvalue weighted by molar-refractivity contribution is 5.67. The third-order valence-corrected chi connectivity index (χ3v) is 2.62. The standard InChI is InChI=1S/C13H19NO2/c1-3-11-6-4-5-7-12(11)9-14-10(2)8-13(15)16/h4-7,10,14H,3,8-9H2,1-2H3,(H,15,16). The maximum absolute atomic E-state index is 10.5. The Kier molecular flexibility index (Phi) is 4.99. The summed E-state index contributed by atoms with van der Waals surface area (Å²) in [5.41, 5.74) is 2.57. The van der Waals surface area contributed by atoms with Crippen LogP contribution in [0.2, 0.25) is 0 Å². The molecule has 1 aromatic carbocycles. The van der Waals surface area contributed by atoms with E-state index >= 15 is 0 Å². The Bertz CT molecular complexity index is 350. The Labute approximate surface area is 96.5 Å². The third kappa shape index (κ3) is 4.03. The zero-order chi connectivity index (χ0) is 12.0. The highest BCUT2D eigenvalue weighted by atomic mass is 16.4. The van der Waals surface area contributed by atoms with Crippen LogP contribution < -0.4 is 5.32 Å². The first-order chi connectivity index (χ1) is 7.63. The largest absolute Gasteiger partial charge is 0.481 e. The van der Waals surface area contributed by atoms with Crippen molar-refractivity contribution in [2.24, 2.45) is 0 Å². The molecule has 0 amide bonds. The van der Waals surface area contributed by atoms with Crippen molar-refractivity contribution in [2.45, 2.75) is 39.3 Å². The van der Waals surface area contributed by atoms with Gasteiger partial charge in [-0.3, -0.25) is 4.79 Å². The smallest absolute Gasteiger partial charge is 0.304 e. The summed E-state index contributed by atoms with van der Waals surface area (Å²) in [7, 11) is 0. The molecule has 0 aromatic heterocycles. The Morgan fingerprint density at radius 1 is 1.38 bits per heavy atom. The molecule has 3 nitrogen and oxygen atoms in total. The monoisotopic (exact) mass is 221 g/mol. The van der Waals surface area contributed by atoms with Crippen LogP contribution in [0, 0.1) is 0 Å². The van der Waals surface area contributed by atoms with Gasteiger partial charge in [0.2, 0.25) is 0 Å². The average molecular weight is 221 g/mol. The number of aryl methyl sites for hydroxylation is 1. The zero-order valence-electron chi connectivity index (χ0n) is 9.86. The van der Waals surface area contributed by atoms with Crippen molar-refractivity contribution in [1.82, 2.24) is 5.32 Å². The fourth-order valence-corrected chi connectivity index (χ4v) is 1.69. The van der Waals surface area contributed by atoms with Gasteiger partial charge in [0.1, 0.15) is 0 Å². The predicted molar refractivity (Wildman–Crippen MR) is 64.4 cm³/mol. The summed E-state index contributed by atoms with van der Waals surface area (Å²) in [6, 6.07) is 8.24. The van der Waals surface area contributed by atoms with E-state index < -0.39 is 5.97 Å². The molecule has 0 spiro atoms. The Morgan fingerprint density at radius 2 is 2.00 bits per heavy atom. The lowest BCUT2D eigenvalue weighted by Crippen LogP contribution is -2.28. The predicted octanol–water partition coefficient (Wildman–Crippen LogP) is 2.20. The van der Waals surface area contributed by atoms with E-state index in [2.05, 4.69) is 24.4 Å². The van der Waals surface area contributed by atoms with Crippen molar-refractivity contribution in [3.05, 3.63) is 35.4 Å². The highest BCUT2D eigenvalue weighted by Crippen LogP contribution is 2.09. The molecule has 3 heteroatoms. The van der Waals surface area contributed by atoms with Gasteiger partial charge in [-0.05, 0) is 24.5 Å². The molecule has 88 valence electrons. The number of hydrogen-bond donors (Lipinski definition) is 2. The average Bonchev–Trinajstić information content (AvgIpc) is 2.26. The van der Waals surface area contributed by atoms with E-state index in [1.165, 1.54) is 11.1 Å². The summed E-state index contributed by atoms with van der Waals surface area (Å²) in [5, 5.41) is 11.9. The SMILES string of the molecule is CCc1ccccc1CNC(C)CC(=O)O. The van der Waals surface area contributed by atoms with Crippen LogP contribution in [0.1, 0.15) is 31.4 Å². The van der Waals surface area contributed by atoms with E-state index in [0.29, 0.717) is 0 Å². The topological polar surface area (TPSA) is 49.3 Å². The number of carboxylic acids is 1. The lowest BCUT2D eigenvalue weighted by molar-refractivity contribution is -0.137. The first-order valence-corrected chi connectivity index (χ1v) is 5.65. The van der Waals surface area contributed by atoms with Crippen molar-refractivity contribution >= 4 is 5.97 Å². The second-order valence-electron chi connectivity index (χ2n) is 4.00. The van der Waals surface area contributed by atoms with E-state index in [9.17, 15) is 4.79 Å². The molecular weight excluding hydrogens is 202 g/mol. The maximum atomic E-state index is 10.5. The van der Waals surface area contributed by atoms with Crippen molar-refractivity contribution in [2.75, 3.05) is 0 Å². The van der Waals surface area contributed by atoms with Gasteiger partial charge in [-0.2, -0.15) is 0 Å². The van der Waals surface area contributed by atoms with Crippen molar-refractivity contribution in [3.63, 3.8) is 0 Å². The second kappa shape index (κ2) is 6.28. The van der Waals surface area contributed by atoms with Gasteiger partial charge in [0, 0.05) is 12.6 Å². The molecule has 1 atom stereocenters. The van der Waals surface area contributed by atoms with Crippen LogP contribution in [0.25, 0.3) is 0 Å². The summed E-state index contributed by atoms with van der Waals surface area (Å²) in [6.07, 6.45) is 1.17. The molecule has 0 fully saturated rings. The quantitative estimate of drug-likeness (QED) is 0.774. The molecule has 16 heavy (non-hydrogen) atoms. The molecule has 0 bridgehead atoms. The molecule has 1 aromatic rings. The van der Waals surface area contributed by atoms with Gasteiger partial charge in [-0.15, -0.1) is 0 Å². The number of hydrogen-bond acceptors (Lipinski definition) is 2. The minimum absolute atomic E-state index is 0.00223.